The SMILES string of the molecule is CC1(c2cccc(NCc3ccc(Cl)cc3Cl)c2)COCC(N)=N1. The zero-order valence-electron chi connectivity index (χ0n) is 13.4. The Labute approximate surface area is 151 Å². The summed E-state index contributed by atoms with van der Waals surface area (Å²) < 4.78 is 5.54. The maximum Gasteiger partial charge on any atom is 0.121 e. The molecule has 4 nitrogen and oxygen atoms in total. The number of benzene rings is 2. The van der Waals surface area contributed by atoms with Crippen molar-refractivity contribution < 1.29 is 4.74 Å². The molecule has 126 valence electrons. The number of hydrogen-bond acceptors (Lipinski definition) is 4. The molecule has 2 aromatic carbocycles. The lowest BCUT2D eigenvalue weighted by molar-refractivity contribution is 0.106. The third kappa shape index (κ3) is 3.83. The fourth-order valence-corrected chi connectivity index (χ4v) is 3.19. The average Bonchev–Trinajstić information content (AvgIpc) is 2.54. The summed E-state index contributed by atoms with van der Waals surface area (Å²) in [6.45, 7) is 3.54. The Bertz CT molecular complexity index is 779. The number of anilines is 1. The summed E-state index contributed by atoms with van der Waals surface area (Å²) in [7, 11) is 0. The van der Waals surface area contributed by atoms with Gasteiger partial charge in [-0.2, -0.15) is 0 Å². The molecule has 1 aliphatic heterocycles. The van der Waals surface area contributed by atoms with Crippen LogP contribution in [0.2, 0.25) is 10.0 Å². The lowest BCUT2D eigenvalue weighted by atomic mass is 9.92. The molecule has 3 rings (SSSR count). The molecule has 0 aromatic heterocycles. The van der Waals surface area contributed by atoms with Gasteiger partial charge in [0.1, 0.15) is 18.0 Å². The first-order valence-electron chi connectivity index (χ1n) is 7.66. The van der Waals surface area contributed by atoms with E-state index in [4.69, 9.17) is 33.7 Å². The highest BCUT2D eigenvalue weighted by Crippen LogP contribution is 2.30. The van der Waals surface area contributed by atoms with Gasteiger partial charge in [-0.05, 0) is 42.3 Å². The van der Waals surface area contributed by atoms with Gasteiger partial charge in [-0.25, -0.2) is 0 Å². The summed E-state index contributed by atoms with van der Waals surface area (Å²) >= 11 is 12.1. The first-order valence-corrected chi connectivity index (χ1v) is 8.42. The number of nitrogens with two attached hydrogens (primary N) is 1. The molecule has 1 atom stereocenters. The van der Waals surface area contributed by atoms with Crippen molar-refractivity contribution in [3.8, 4) is 0 Å². The summed E-state index contributed by atoms with van der Waals surface area (Å²) in [5, 5.41) is 4.66. The number of halogens is 2. The van der Waals surface area contributed by atoms with Crippen molar-refractivity contribution in [1.82, 2.24) is 0 Å². The quantitative estimate of drug-likeness (QED) is 0.855. The maximum absolute atomic E-state index is 6.21. The van der Waals surface area contributed by atoms with Crippen LogP contribution in [0.1, 0.15) is 18.1 Å². The molecule has 0 amide bonds. The number of hydrogen-bond donors (Lipinski definition) is 2. The highest BCUT2D eigenvalue weighted by Gasteiger charge is 2.29. The fraction of sp³-hybridized carbons (Fsp3) is 0.278. The normalized spacial score (nSPS) is 20.5. The molecule has 3 N–H and O–H groups in total. The number of aliphatic imine (C=N–C) groups is 1. The van der Waals surface area contributed by atoms with Gasteiger partial charge in [0.25, 0.3) is 0 Å². The molecule has 0 fully saturated rings. The van der Waals surface area contributed by atoms with Gasteiger partial charge in [0, 0.05) is 22.3 Å². The average molecular weight is 364 g/mol. The molecule has 0 bridgehead atoms. The topological polar surface area (TPSA) is 59.6 Å². The predicted octanol–water partition coefficient (Wildman–Crippen LogP) is 4.21. The summed E-state index contributed by atoms with van der Waals surface area (Å²) in [5.74, 6) is 0.523. The number of nitrogens with one attached hydrogen (secondary N) is 1. The molecule has 0 saturated carbocycles. The number of nitrogens with zero attached hydrogens (tertiary/aromatic N) is 1. The van der Waals surface area contributed by atoms with Crippen LogP contribution in [0.4, 0.5) is 5.69 Å². The van der Waals surface area contributed by atoms with Crippen LogP contribution in [0.15, 0.2) is 47.5 Å². The van der Waals surface area contributed by atoms with E-state index in [0.717, 1.165) is 16.8 Å². The van der Waals surface area contributed by atoms with E-state index in [1.54, 1.807) is 6.07 Å². The van der Waals surface area contributed by atoms with Gasteiger partial charge in [0.15, 0.2) is 0 Å². The van der Waals surface area contributed by atoms with Crippen LogP contribution in [0.5, 0.6) is 0 Å². The largest absolute Gasteiger partial charge is 0.386 e. The maximum atomic E-state index is 6.21. The van der Waals surface area contributed by atoms with Crippen LogP contribution >= 0.6 is 23.2 Å². The van der Waals surface area contributed by atoms with Crippen LogP contribution in [-0.4, -0.2) is 19.0 Å². The Kier molecular flexibility index (Phi) is 4.99. The van der Waals surface area contributed by atoms with E-state index in [2.05, 4.69) is 16.4 Å². The van der Waals surface area contributed by atoms with Gasteiger partial charge in [-0.15, -0.1) is 0 Å². The molecule has 1 aliphatic rings. The Morgan fingerprint density at radius 2 is 2.08 bits per heavy atom. The number of amidine groups is 1. The Hall–Kier alpha value is -1.75. The lowest BCUT2D eigenvalue weighted by Crippen LogP contribution is -2.37. The third-order valence-corrected chi connectivity index (χ3v) is 4.59. The molecule has 6 heteroatoms. The van der Waals surface area contributed by atoms with E-state index < -0.39 is 5.54 Å². The van der Waals surface area contributed by atoms with Crippen LogP contribution in [-0.2, 0) is 16.8 Å². The molecule has 0 aliphatic carbocycles. The van der Waals surface area contributed by atoms with E-state index in [1.165, 1.54) is 0 Å². The van der Waals surface area contributed by atoms with Crippen molar-refractivity contribution in [2.45, 2.75) is 19.0 Å². The minimum atomic E-state index is -0.460. The minimum Gasteiger partial charge on any atom is -0.386 e. The van der Waals surface area contributed by atoms with Crippen LogP contribution in [0, 0.1) is 0 Å². The molecule has 0 spiro atoms. The van der Waals surface area contributed by atoms with E-state index in [0.29, 0.717) is 35.6 Å². The molecule has 2 aromatic rings. The zero-order valence-corrected chi connectivity index (χ0v) is 14.9. The standard InChI is InChI=1S/C18H19Cl2N3O/c1-18(11-24-10-17(21)23-18)13-3-2-4-15(7-13)22-9-12-5-6-14(19)8-16(12)20/h2-8,22H,9-11H2,1H3,(H2,21,23). The second kappa shape index (κ2) is 7.01. The van der Waals surface area contributed by atoms with Gasteiger partial charge in [-0.3, -0.25) is 4.99 Å². The van der Waals surface area contributed by atoms with Gasteiger partial charge in [0.05, 0.1) is 6.61 Å². The molecular formula is C18H19Cl2N3O. The summed E-state index contributed by atoms with van der Waals surface area (Å²) in [6.07, 6.45) is 0. The first-order chi connectivity index (χ1) is 11.5. The Morgan fingerprint density at radius 1 is 1.25 bits per heavy atom. The van der Waals surface area contributed by atoms with Crippen LogP contribution in [0.3, 0.4) is 0 Å². The van der Waals surface area contributed by atoms with Crippen LogP contribution < -0.4 is 11.1 Å². The lowest BCUT2D eigenvalue weighted by Gasteiger charge is -2.30. The van der Waals surface area contributed by atoms with Gasteiger partial charge in [-0.1, -0.05) is 41.4 Å². The van der Waals surface area contributed by atoms with Gasteiger partial charge < -0.3 is 15.8 Å². The minimum absolute atomic E-state index is 0.391. The third-order valence-electron chi connectivity index (χ3n) is 4.01. The van der Waals surface area contributed by atoms with E-state index in [1.807, 2.05) is 37.3 Å². The van der Waals surface area contributed by atoms with Gasteiger partial charge >= 0.3 is 0 Å². The van der Waals surface area contributed by atoms with Crippen molar-refractivity contribution in [1.29, 1.82) is 0 Å². The van der Waals surface area contributed by atoms with Gasteiger partial charge in [0.2, 0.25) is 0 Å². The first kappa shape index (κ1) is 17.1. The highest BCUT2D eigenvalue weighted by molar-refractivity contribution is 6.35. The Balaban J connectivity index is 1.77. The predicted molar refractivity (Wildman–Crippen MR) is 100 cm³/mol. The second-order valence-electron chi connectivity index (χ2n) is 6.04. The van der Waals surface area contributed by atoms with Crippen molar-refractivity contribution in [2.75, 3.05) is 18.5 Å². The monoisotopic (exact) mass is 363 g/mol. The van der Waals surface area contributed by atoms with Crippen molar-refractivity contribution in [2.24, 2.45) is 10.7 Å². The summed E-state index contributed by atoms with van der Waals surface area (Å²) in [4.78, 5) is 4.57. The summed E-state index contributed by atoms with van der Waals surface area (Å²) in [6, 6.07) is 13.6. The molecule has 1 heterocycles. The van der Waals surface area contributed by atoms with E-state index in [-0.39, 0.29) is 0 Å². The second-order valence-corrected chi connectivity index (χ2v) is 6.88. The number of ether oxygens (including phenoxy) is 1. The molecule has 0 radical (unpaired) electrons. The molecule has 0 saturated heterocycles. The van der Waals surface area contributed by atoms with Crippen molar-refractivity contribution in [3.05, 3.63) is 63.6 Å². The smallest absolute Gasteiger partial charge is 0.121 e. The Morgan fingerprint density at radius 3 is 2.83 bits per heavy atom. The number of rotatable bonds is 4. The van der Waals surface area contributed by atoms with Crippen molar-refractivity contribution in [3.63, 3.8) is 0 Å². The molecule has 24 heavy (non-hydrogen) atoms. The zero-order chi connectivity index (χ0) is 17.2. The van der Waals surface area contributed by atoms with E-state index in [9.17, 15) is 0 Å². The van der Waals surface area contributed by atoms with Crippen molar-refractivity contribution >= 4 is 34.7 Å². The molecule has 1 unspecified atom stereocenters. The summed E-state index contributed by atoms with van der Waals surface area (Å²) in [5.41, 5.74) is 8.40. The van der Waals surface area contributed by atoms with E-state index >= 15 is 0 Å². The fourth-order valence-electron chi connectivity index (χ4n) is 2.71. The van der Waals surface area contributed by atoms with Crippen LogP contribution in [0.25, 0.3) is 0 Å². The highest BCUT2D eigenvalue weighted by atomic mass is 35.5. The molecular weight excluding hydrogens is 345 g/mol.